The molecule has 2 nitrogen and oxygen atoms in total. The maximum atomic E-state index is 8.57. The van der Waals surface area contributed by atoms with E-state index in [-0.39, 0.29) is 58.6 Å². The van der Waals surface area contributed by atoms with E-state index in [1.165, 1.54) is 6.20 Å². The van der Waals surface area contributed by atoms with Crippen LogP contribution in [0.1, 0.15) is 1.43 Å². The fraction of sp³-hybridized carbons (Fsp3) is 0. The minimum Gasteiger partial charge on any atom is -1.00 e. The molecule has 1 heterocycles. The normalized spacial score (nSPS) is 7.50. The molecular formula is C5H6KNO. The van der Waals surface area contributed by atoms with E-state index in [1.54, 1.807) is 18.3 Å². The Bertz CT molecular complexity index is 147. The summed E-state index contributed by atoms with van der Waals surface area (Å²) >= 11 is 0. The number of pyridine rings is 1. The Morgan fingerprint density at radius 1 is 1.62 bits per heavy atom. The van der Waals surface area contributed by atoms with E-state index >= 15 is 0 Å². The first kappa shape index (κ1) is 8.59. The van der Waals surface area contributed by atoms with Gasteiger partial charge in [0.25, 0.3) is 0 Å². The zero-order valence-corrected chi connectivity index (χ0v) is 7.83. The van der Waals surface area contributed by atoms with Crippen molar-refractivity contribution in [2.24, 2.45) is 0 Å². The summed E-state index contributed by atoms with van der Waals surface area (Å²) in [6.45, 7) is 0. The molecule has 1 aromatic heterocycles. The molecule has 0 aliphatic carbocycles. The summed E-state index contributed by atoms with van der Waals surface area (Å²) in [5.41, 5.74) is 0. The molecule has 0 radical (unpaired) electrons. The molecule has 0 spiro atoms. The van der Waals surface area contributed by atoms with Crippen molar-refractivity contribution in [1.29, 1.82) is 0 Å². The standard InChI is InChI=1S/C5H5NO.K.H/c7-5-2-1-3-6-4-5;;/h1-4,7H;;/q;+1;-1. The average molecular weight is 135 g/mol. The van der Waals surface area contributed by atoms with Gasteiger partial charge < -0.3 is 6.53 Å². The largest absolute Gasteiger partial charge is 1.00 e. The van der Waals surface area contributed by atoms with Gasteiger partial charge in [0.05, 0.1) is 6.20 Å². The summed E-state index contributed by atoms with van der Waals surface area (Å²) in [5.74, 6) is 0.211. The molecule has 1 aromatic rings. The number of aromatic hydroxyl groups is 1. The minimum atomic E-state index is 0. The van der Waals surface area contributed by atoms with Gasteiger partial charge in [0, 0.05) is 6.20 Å². The Hall–Kier alpha value is 0.586. The zero-order chi connectivity index (χ0) is 5.11. The maximum Gasteiger partial charge on any atom is 1.00 e. The minimum absolute atomic E-state index is 0. The van der Waals surface area contributed by atoms with Crippen LogP contribution in [0.2, 0.25) is 0 Å². The Morgan fingerprint density at radius 3 is 2.62 bits per heavy atom. The number of aromatic nitrogens is 1. The van der Waals surface area contributed by atoms with Crippen LogP contribution in [0.3, 0.4) is 0 Å². The van der Waals surface area contributed by atoms with Crippen LogP contribution in [0, 0.1) is 0 Å². The van der Waals surface area contributed by atoms with E-state index in [1.807, 2.05) is 0 Å². The molecule has 0 unspecified atom stereocenters. The van der Waals surface area contributed by atoms with Gasteiger partial charge >= 0.3 is 51.4 Å². The molecule has 1 N–H and O–H groups in total. The first-order chi connectivity index (χ1) is 3.39. The Kier molecular flexibility index (Phi) is 4.79. The molecule has 0 saturated heterocycles. The summed E-state index contributed by atoms with van der Waals surface area (Å²) < 4.78 is 0. The predicted molar refractivity (Wildman–Crippen MR) is 27.0 cm³/mol. The second-order valence-corrected chi connectivity index (χ2v) is 1.21. The van der Waals surface area contributed by atoms with E-state index in [4.69, 9.17) is 5.11 Å². The van der Waals surface area contributed by atoms with E-state index in [0.29, 0.717) is 0 Å². The van der Waals surface area contributed by atoms with Crippen LogP contribution in [0.15, 0.2) is 24.5 Å². The van der Waals surface area contributed by atoms with Gasteiger partial charge in [0.15, 0.2) is 0 Å². The number of nitrogens with zero attached hydrogens (tertiary/aromatic N) is 1. The van der Waals surface area contributed by atoms with Crippen molar-refractivity contribution in [3.05, 3.63) is 24.5 Å². The van der Waals surface area contributed by atoms with Crippen molar-refractivity contribution < 1.29 is 57.9 Å². The Labute approximate surface area is 91.9 Å². The third-order valence-electron chi connectivity index (χ3n) is 0.646. The number of hydrogen-bond donors (Lipinski definition) is 1. The van der Waals surface area contributed by atoms with Gasteiger partial charge in [-0.1, -0.05) is 0 Å². The number of hydrogen-bond acceptors (Lipinski definition) is 2. The van der Waals surface area contributed by atoms with Gasteiger partial charge in [0.1, 0.15) is 5.75 Å². The molecule has 3 heteroatoms. The number of rotatable bonds is 0. The molecule has 0 fully saturated rings. The smallest absolute Gasteiger partial charge is 1.00 e. The van der Waals surface area contributed by atoms with Crippen LogP contribution < -0.4 is 51.4 Å². The van der Waals surface area contributed by atoms with Gasteiger partial charge in [-0.2, -0.15) is 0 Å². The average Bonchev–Trinajstić information content (AvgIpc) is 1.69. The molecule has 0 aliphatic heterocycles. The molecule has 0 saturated carbocycles. The van der Waals surface area contributed by atoms with Crippen molar-refractivity contribution in [3.63, 3.8) is 0 Å². The maximum absolute atomic E-state index is 8.57. The van der Waals surface area contributed by atoms with E-state index in [2.05, 4.69) is 4.98 Å². The predicted octanol–water partition coefficient (Wildman–Crippen LogP) is -2.10. The second kappa shape index (κ2) is 4.46. The van der Waals surface area contributed by atoms with Crippen LogP contribution in [-0.2, 0) is 0 Å². The third-order valence-corrected chi connectivity index (χ3v) is 0.646. The summed E-state index contributed by atoms with van der Waals surface area (Å²) in [5, 5.41) is 8.57. The topological polar surface area (TPSA) is 33.1 Å². The first-order valence-corrected chi connectivity index (χ1v) is 1.98. The van der Waals surface area contributed by atoms with Gasteiger partial charge in [-0.15, -0.1) is 0 Å². The van der Waals surface area contributed by atoms with Crippen LogP contribution in [0.25, 0.3) is 0 Å². The molecule has 0 bridgehead atoms. The molecule has 0 aromatic carbocycles. The Balaban J connectivity index is 0. The summed E-state index contributed by atoms with van der Waals surface area (Å²) in [6.07, 6.45) is 3.00. The Morgan fingerprint density at radius 2 is 2.38 bits per heavy atom. The van der Waals surface area contributed by atoms with Crippen molar-refractivity contribution >= 4 is 0 Å². The molecule has 38 valence electrons. The quantitative estimate of drug-likeness (QED) is 0.414. The summed E-state index contributed by atoms with van der Waals surface area (Å²) in [7, 11) is 0. The molecule has 1 rings (SSSR count). The summed E-state index contributed by atoms with van der Waals surface area (Å²) in [4.78, 5) is 3.63. The fourth-order valence-electron chi connectivity index (χ4n) is 0.354. The van der Waals surface area contributed by atoms with Crippen molar-refractivity contribution in [1.82, 2.24) is 4.98 Å². The van der Waals surface area contributed by atoms with Gasteiger partial charge in [-0.05, 0) is 12.1 Å². The van der Waals surface area contributed by atoms with Gasteiger partial charge in [0.2, 0.25) is 0 Å². The van der Waals surface area contributed by atoms with Crippen molar-refractivity contribution in [3.8, 4) is 5.75 Å². The molecule has 0 amide bonds. The second-order valence-electron chi connectivity index (χ2n) is 1.21. The zero-order valence-electron chi connectivity index (χ0n) is 5.70. The van der Waals surface area contributed by atoms with E-state index in [9.17, 15) is 0 Å². The van der Waals surface area contributed by atoms with Crippen LogP contribution in [0.5, 0.6) is 5.75 Å². The summed E-state index contributed by atoms with van der Waals surface area (Å²) in [6, 6.07) is 3.25. The van der Waals surface area contributed by atoms with Crippen molar-refractivity contribution in [2.75, 3.05) is 0 Å². The third kappa shape index (κ3) is 2.79. The van der Waals surface area contributed by atoms with Crippen LogP contribution >= 0.6 is 0 Å². The molecule has 0 atom stereocenters. The van der Waals surface area contributed by atoms with Gasteiger partial charge in [-0.3, -0.25) is 4.98 Å². The molecule has 0 aliphatic rings. The van der Waals surface area contributed by atoms with Crippen LogP contribution in [0.4, 0.5) is 0 Å². The first-order valence-electron chi connectivity index (χ1n) is 1.98. The molecule has 8 heavy (non-hydrogen) atoms. The monoisotopic (exact) mass is 135 g/mol. The van der Waals surface area contributed by atoms with Crippen molar-refractivity contribution in [2.45, 2.75) is 0 Å². The van der Waals surface area contributed by atoms with E-state index in [0.717, 1.165) is 0 Å². The van der Waals surface area contributed by atoms with Gasteiger partial charge in [-0.25, -0.2) is 0 Å². The SMILES string of the molecule is Oc1cccnc1.[H-].[K+]. The fourth-order valence-corrected chi connectivity index (χ4v) is 0.354. The van der Waals surface area contributed by atoms with E-state index < -0.39 is 0 Å². The van der Waals surface area contributed by atoms with Crippen LogP contribution in [-0.4, -0.2) is 10.1 Å². The molecular weight excluding hydrogens is 129 g/mol.